The summed E-state index contributed by atoms with van der Waals surface area (Å²) in [5, 5.41) is 64.1. The zero-order chi connectivity index (χ0) is 34.7. The number of nitrogens with one attached hydrogen (secondary N) is 1. The average Bonchev–Trinajstić information content (AvgIpc) is 3.07. The van der Waals surface area contributed by atoms with Crippen LogP contribution in [0.1, 0.15) is 155 Å². The summed E-state index contributed by atoms with van der Waals surface area (Å²) in [6.45, 7) is 3.53. The molecule has 7 N–H and O–H groups in total. The van der Waals surface area contributed by atoms with Gasteiger partial charge in [-0.15, -0.1) is 0 Å². The van der Waals surface area contributed by atoms with Crippen LogP contribution in [0.2, 0.25) is 0 Å². The van der Waals surface area contributed by atoms with E-state index in [1.54, 1.807) is 6.08 Å². The highest BCUT2D eigenvalue weighted by Crippen LogP contribution is 2.22. The first-order valence-electron chi connectivity index (χ1n) is 19.0. The van der Waals surface area contributed by atoms with Gasteiger partial charge in [0.05, 0.1) is 25.4 Å². The minimum atomic E-state index is -1.60. The van der Waals surface area contributed by atoms with E-state index in [2.05, 4.69) is 19.2 Å². The van der Waals surface area contributed by atoms with Gasteiger partial charge >= 0.3 is 0 Å². The lowest BCUT2D eigenvalue weighted by Crippen LogP contribution is -2.60. The van der Waals surface area contributed by atoms with Crippen molar-refractivity contribution in [3.63, 3.8) is 0 Å². The normalized spacial score (nSPS) is 23.6. The number of allylic oxidation sites excluding steroid dienone is 1. The summed E-state index contributed by atoms with van der Waals surface area (Å²) < 4.78 is 11.1. The van der Waals surface area contributed by atoms with Crippen molar-refractivity contribution in [1.29, 1.82) is 0 Å². The summed E-state index contributed by atoms with van der Waals surface area (Å²) >= 11 is 0. The molecule has 1 rings (SSSR count). The Bertz CT molecular complexity index is 768. The Labute approximate surface area is 285 Å². The number of hydrogen-bond donors (Lipinski definition) is 7. The van der Waals surface area contributed by atoms with Gasteiger partial charge in [0.25, 0.3) is 0 Å². The SMILES string of the molecule is CCCCCCCCCCCCCC/C=C/C(O)C(COC1OC(CO)C(O)C(O)C1O)NC(=O)C(O)CCCCCCCCCC. The van der Waals surface area contributed by atoms with Crippen molar-refractivity contribution in [3.8, 4) is 0 Å². The number of aliphatic hydroxyl groups excluding tert-OH is 6. The highest BCUT2D eigenvalue weighted by molar-refractivity contribution is 5.80. The largest absolute Gasteiger partial charge is 0.394 e. The summed E-state index contributed by atoms with van der Waals surface area (Å²) in [7, 11) is 0. The number of hydrogen-bond acceptors (Lipinski definition) is 9. The molecule has 1 heterocycles. The first-order valence-corrected chi connectivity index (χ1v) is 19.0. The summed E-state index contributed by atoms with van der Waals surface area (Å²) in [5.41, 5.74) is 0. The van der Waals surface area contributed by atoms with E-state index in [0.717, 1.165) is 44.9 Å². The lowest BCUT2D eigenvalue weighted by Gasteiger charge is -2.40. The van der Waals surface area contributed by atoms with Gasteiger partial charge in [-0.1, -0.05) is 148 Å². The van der Waals surface area contributed by atoms with Gasteiger partial charge in [-0.2, -0.15) is 0 Å². The number of rotatable bonds is 30. The van der Waals surface area contributed by atoms with Crippen LogP contribution in [0, 0.1) is 0 Å². The van der Waals surface area contributed by atoms with Gasteiger partial charge in [-0.25, -0.2) is 0 Å². The number of carbonyl (C=O) groups is 1. The van der Waals surface area contributed by atoms with Crippen LogP contribution in [-0.4, -0.2) is 98.7 Å². The Hall–Kier alpha value is -1.11. The Morgan fingerprint density at radius 2 is 1.21 bits per heavy atom. The molecule has 0 bridgehead atoms. The van der Waals surface area contributed by atoms with Gasteiger partial charge in [0.15, 0.2) is 6.29 Å². The fourth-order valence-corrected chi connectivity index (χ4v) is 5.98. The number of aliphatic hydroxyl groups is 6. The highest BCUT2D eigenvalue weighted by atomic mass is 16.7. The van der Waals surface area contributed by atoms with Crippen LogP contribution in [0.25, 0.3) is 0 Å². The minimum Gasteiger partial charge on any atom is -0.394 e. The second kappa shape index (κ2) is 28.7. The average molecular weight is 674 g/mol. The second-order valence-corrected chi connectivity index (χ2v) is 13.5. The highest BCUT2D eigenvalue weighted by Gasteiger charge is 2.44. The monoisotopic (exact) mass is 674 g/mol. The molecule has 1 amide bonds. The molecule has 1 fully saturated rings. The third-order valence-electron chi connectivity index (χ3n) is 9.22. The van der Waals surface area contributed by atoms with E-state index in [0.29, 0.717) is 6.42 Å². The molecule has 10 nitrogen and oxygen atoms in total. The molecule has 1 aliphatic heterocycles. The van der Waals surface area contributed by atoms with Crippen LogP contribution >= 0.6 is 0 Å². The summed E-state index contributed by atoms with van der Waals surface area (Å²) in [6.07, 6.45) is 18.9. The maximum absolute atomic E-state index is 12.9. The van der Waals surface area contributed by atoms with Crippen LogP contribution in [0.3, 0.4) is 0 Å². The van der Waals surface area contributed by atoms with Crippen molar-refractivity contribution in [2.75, 3.05) is 13.2 Å². The van der Waals surface area contributed by atoms with Crippen LogP contribution in [0.5, 0.6) is 0 Å². The molecule has 0 saturated carbocycles. The van der Waals surface area contributed by atoms with Crippen molar-refractivity contribution in [2.45, 2.75) is 204 Å². The third kappa shape index (κ3) is 20.2. The van der Waals surface area contributed by atoms with E-state index in [-0.39, 0.29) is 6.61 Å². The molecule has 0 aromatic rings. The van der Waals surface area contributed by atoms with Gasteiger partial charge in [0.2, 0.25) is 5.91 Å². The molecule has 0 spiro atoms. The maximum Gasteiger partial charge on any atom is 0.249 e. The first kappa shape index (κ1) is 43.9. The number of carbonyl (C=O) groups excluding carboxylic acids is 1. The molecule has 8 unspecified atom stereocenters. The maximum atomic E-state index is 12.9. The van der Waals surface area contributed by atoms with Gasteiger partial charge < -0.3 is 45.4 Å². The quantitative estimate of drug-likeness (QED) is 0.0401. The standard InChI is InChI=1S/C37H71NO9/c1-3-5-7-9-11-13-14-15-16-17-18-20-21-23-25-30(40)29(28-46-37-35(44)34(43)33(42)32(27-39)47-37)38-36(45)31(41)26-24-22-19-12-10-8-6-4-2/h23,25,29-35,37,39-44H,3-22,24,26-28H2,1-2H3,(H,38,45)/b25-23+. The van der Waals surface area contributed by atoms with E-state index in [4.69, 9.17) is 9.47 Å². The van der Waals surface area contributed by atoms with Crippen molar-refractivity contribution in [2.24, 2.45) is 0 Å². The second-order valence-electron chi connectivity index (χ2n) is 13.5. The summed E-state index contributed by atoms with van der Waals surface area (Å²) in [4.78, 5) is 12.9. The van der Waals surface area contributed by atoms with E-state index in [9.17, 15) is 35.4 Å². The minimum absolute atomic E-state index is 0.303. The molecule has 47 heavy (non-hydrogen) atoms. The number of amides is 1. The summed E-state index contributed by atoms with van der Waals surface area (Å²) in [5.74, 6) is -0.622. The third-order valence-corrected chi connectivity index (χ3v) is 9.22. The Morgan fingerprint density at radius 1 is 0.723 bits per heavy atom. The molecular formula is C37H71NO9. The van der Waals surface area contributed by atoms with Gasteiger partial charge in [0.1, 0.15) is 30.5 Å². The first-order chi connectivity index (χ1) is 22.8. The predicted octanol–water partition coefficient (Wildman–Crippen LogP) is 5.19. The molecule has 0 aliphatic carbocycles. The topological polar surface area (TPSA) is 169 Å². The van der Waals surface area contributed by atoms with Gasteiger partial charge in [-0.05, 0) is 19.3 Å². The molecule has 8 atom stereocenters. The van der Waals surface area contributed by atoms with E-state index in [1.165, 1.54) is 89.9 Å². The van der Waals surface area contributed by atoms with E-state index in [1.807, 2.05) is 6.08 Å². The summed E-state index contributed by atoms with van der Waals surface area (Å²) in [6, 6.07) is -0.971. The van der Waals surface area contributed by atoms with Crippen molar-refractivity contribution in [1.82, 2.24) is 5.32 Å². The molecule has 0 radical (unpaired) electrons. The molecule has 10 heteroatoms. The molecule has 0 aromatic heterocycles. The van der Waals surface area contributed by atoms with Crippen LogP contribution < -0.4 is 5.32 Å². The van der Waals surface area contributed by atoms with Crippen LogP contribution in [0.15, 0.2) is 12.2 Å². The Kier molecular flexibility index (Phi) is 26.8. The van der Waals surface area contributed by atoms with E-state index < -0.39 is 61.5 Å². The fourth-order valence-electron chi connectivity index (χ4n) is 5.98. The predicted molar refractivity (Wildman–Crippen MR) is 186 cm³/mol. The molecule has 1 aliphatic rings. The van der Waals surface area contributed by atoms with Crippen LogP contribution in [-0.2, 0) is 14.3 Å². The zero-order valence-electron chi connectivity index (χ0n) is 29.7. The Balaban J connectivity index is 2.54. The van der Waals surface area contributed by atoms with Crippen molar-refractivity contribution in [3.05, 3.63) is 12.2 Å². The number of unbranched alkanes of at least 4 members (excludes halogenated alkanes) is 19. The zero-order valence-corrected chi connectivity index (χ0v) is 29.7. The van der Waals surface area contributed by atoms with Gasteiger partial charge in [-0.3, -0.25) is 4.79 Å². The lowest BCUT2D eigenvalue weighted by molar-refractivity contribution is -0.302. The molecule has 1 saturated heterocycles. The van der Waals surface area contributed by atoms with Crippen molar-refractivity contribution < 1.29 is 44.9 Å². The molecule has 0 aromatic carbocycles. The fraction of sp³-hybridized carbons (Fsp3) is 0.919. The lowest BCUT2D eigenvalue weighted by atomic mass is 9.99. The smallest absolute Gasteiger partial charge is 0.249 e. The molecule has 278 valence electrons. The molecular weight excluding hydrogens is 602 g/mol. The Morgan fingerprint density at radius 3 is 1.72 bits per heavy atom. The van der Waals surface area contributed by atoms with E-state index >= 15 is 0 Å². The van der Waals surface area contributed by atoms with Crippen molar-refractivity contribution >= 4 is 5.91 Å². The number of ether oxygens (including phenoxy) is 2. The van der Waals surface area contributed by atoms with Gasteiger partial charge in [0, 0.05) is 0 Å². The van der Waals surface area contributed by atoms with Crippen LogP contribution in [0.4, 0.5) is 0 Å².